The van der Waals surface area contributed by atoms with E-state index in [0.29, 0.717) is 24.2 Å². The van der Waals surface area contributed by atoms with Crippen LogP contribution in [0, 0.1) is 39.4 Å². The summed E-state index contributed by atoms with van der Waals surface area (Å²) in [6.07, 6.45) is 14.5. The van der Waals surface area contributed by atoms with Gasteiger partial charge in [0.25, 0.3) is 0 Å². The van der Waals surface area contributed by atoms with E-state index in [2.05, 4.69) is 53.7 Å². The third-order valence-electron chi connectivity index (χ3n) is 11.5. The highest BCUT2D eigenvalue weighted by Gasteiger charge is 2.63. The molecule has 0 N–H and O–H groups in total. The van der Waals surface area contributed by atoms with Gasteiger partial charge in [-0.05, 0) is 96.5 Å². The van der Waals surface area contributed by atoms with Gasteiger partial charge in [-0.2, -0.15) is 0 Å². The SMILES string of the molecule is COC(=O)CCC[C@@H](C)[C@H]1CC[C@@]2(C)C3=CC[C@H]4C(C)(C)[C@@H](OC(C)=O)CC[C@]4(C)C3=CC[C@]12C. The van der Waals surface area contributed by atoms with Gasteiger partial charge in [-0.1, -0.05) is 53.7 Å². The van der Waals surface area contributed by atoms with Crippen molar-refractivity contribution in [3.63, 3.8) is 0 Å². The van der Waals surface area contributed by atoms with Crippen LogP contribution in [0.1, 0.15) is 106 Å². The van der Waals surface area contributed by atoms with Gasteiger partial charge in [0, 0.05) is 18.8 Å². The maximum Gasteiger partial charge on any atom is 0.305 e. The van der Waals surface area contributed by atoms with E-state index in [1.807, 2.05) is 0 Å². The first kappa shape index (κ1) is 26.5. The lowest BCUT2D eigenvalue weighted by atomic mass is 9.44. The number of esters is 2. The highest BCUT2D eigenvalue weighted by Crippen LogP contribution is 2.71. The molecule has 4 aliphatic carbocycles. The summed E-state index contributed by atoms with van der Waals surface area (Å²) in [5, 5.41) is 0. The normalized spacial score (nSPS) is 40.4. The van der Waals surface area contributed by atoms with Crippen LogP contribution in [0.5, 0.6) is 0 Å². The van der Waals surface area contributed by atoms with E-state index < -0.39 is 0 Å². The van der Waals surface area contributed by atoms with Crippen LogP contribution < -0.4 is 0 Å². The molecule has 0 aromatic rings. The molecule has 0 unspecified atom stereocenters. The quantitative estimate of drug-likeness (QED) is 0.368. The molecule has 0 aromatic heterocycles. The number of carbonyl (C=O) groups excluding carboxylic acids is 2. The lowest BCUT2D eigenvalue weighted by Gasteiger charge is -2.61. The Morgan fingerprint density at radius 2 is 1.77 bits per heavy atom. The second kappa shape index (κ2) is 9.06. The van der Waals surface area contributed by atoms with E-state index in [-0.39, 0.29) is 39.7 Å². The maximum atomic E-state index is 11.8. The van der Waals surface area contributed by atoms with Crippen molar-refractivity contribution in [1.29, 1.82) is 0 Å². The molecule has 4 rings (SSSR count). The zero-order valence-electron chi connectivity index (χ0n) is 23.5. The van der Waals surface area contributed by atoms with Crippen LogP contribution in [0.4, 0.5) is 0 Å². The van der Waals surface area contributed by atoms with Crippen molar-refractivity contribution in [2.45, 2.75) is 112 Å². The number of allylic oxidation sites excluding steroid dienone is 4. The first-order valence-corrected chi connectivity index (χ1v) is 14.0. The van der Waals surface area contributed by atoms with E-state index in [4.69, 9.17) is 9.47 Å². The molecule has 4 nitrogen and oxygen atoms in total. The van der Waals surface area contributed by atoms with Gasteiger partial charge >= 0.3 is 11.9 Å². The van der Waals surface area contributed by atoms with Crippen LogP contribution in [0.2, 0.25) is 0 Å². The predicted octanol–water partition coefficient (Wildman–Crippen LogP) is 7.42. The molecule has 0 aliphatic heterocycles. The molecule has 35 heavy (non-hydrogen) atoms. The van der Waals surface area contributed by atoms with Crippen LogP contribution in [-0.4, -0.2) is 25.2 Å². The minimum Gasteiger partial charge on any atom is -0.469 e. The number of methoxy groups -OCH3 is 1. The summed E-state index contributed by atoms with van der Waals surface area (Å²) >= 11 is 0. The average molecular weight is 485 g/mol. The zero-order valence-corrected chi connectivity index (χ0v) is 23.5. The molecule has 0 bridgehead atoms. The minimum atomic E-state index is -0.156. The summed E-state index contributed by atoms with van der Waals surface area (Å²) in [4.78, 5) is 23.4. The fourth-order valence-corrected chi connectivity index (χ4v) is 9.21. The topological polar surface area (TPSA) is 52.6 Å². The van der Waals surface area contributed by atoms with Gasteiger partial charge in [0.2, 0.25) is 0 Å². The Morgan fingerprint density at radius 1 is 1.06 bits per heavy atom. The van der Waals surface area contributed by atoms with Gasteiger partial charge in [-0.3, -0.25) is 9.59 Å². The molecule has 0 aromatic carbocycles. The fraction of sp³-hybridized carbons (Fsp3) is 0.806. The summed E-state index contributed by atoms with van der Waals surface area (Å²) in [5.74, 6) is 1.51. The summed E-state index contributed by atoms with van der Waals surface area (Å²) in [5.41, 5.74) is 3.76. The molecule has 7 atom stereocenters. The molecular formula is C31H48O4. The zero-order chi connectivity index (χ0) is 25.8. The number of ether oxygens (including phenoxy) is 2. The fourth-order valence-electron chi connectivity index (χ4n) is 9.21. The number of hydrogen-bond acceptors (Lipinski definition) is 4. The van der Waals surface area contributed by atoms with E-state index in [1.165, 1.54) is 20.0 Å². The van der Waals surface area contributed by atoms with Crippen molar-refractivity contribution in [3.8, 4) is 0 Å². The lowest BCUT2D eigenvalue weighted by Crippen LogP contribution is -2.55. The van der Waals surface area contributed by atoms with E-state index in [1.54, 1.807) is 18.1 Å². The molecule has 0 saturated heterocycles. The number of rotatable bonds is 6. The monoisotopic (exact) mass is 484 g/mol. The highest BCUT2D eigenvalue weighted by atomic mass is 16.5. The smallest absolute Gasteiger partial charge is 0.305 e. The van der Waals surface area contributed by atoms with Gasteiger partial charge in [0.05, 0.1) is 7.11 Å². The molecule has 4 heteroatoms. The largest absolute Gasteiger partial charge is 0.469 e. The average Bonchev–Trinajstić information content (AvgIpc) is 3.07. The van der Waals surface area contributed by atoms with Gasteiger partial charge in [0.1, 0.15) is 6.10 Å². The second-order valence-electron chi connectivity index (χ2n) is 13.4. The molecule has 2 saturated carbocycles. The first-order valence-electron chi connectivity index (χ1n) is 14.0. The minimum absolute atomic E-state index is 0.000214. The number of fused-ring (bicyclic) bond motifs is 5. The molecule has 0 amide bonds. The van der Waals surface area contributed by atoms with Crippen molar-refractivity contribution in [2.75, 3.05) is 7.11 Å². The summed E-state index contributed by atoms with van der Waals surface area (Å²) in [7, 11) is 1.48. The summed E-state index contributed by atoms with van der Waals surface area (Å²) in [6, 6.07) is 0. The Balaban J connectivity index is 1.60. The first-order chi connectivity index (χ1) is 16.3. The molecule has 0 heterocycles. The van der Waals surface area contributed by atoms with Crippen molar-refractivity contribution >= 4 is 11.9 Å². The van der Waals surface area contributed by atoms with Crippen molar-refractivity contribution in [1.82, 2.24) is 0 Å². The van der Waals surface area contributed by atoms with Crippen LogP contribution in [0.15, 0.2) is 23.3 Å². The Hall–Kier alpha value is -1.58. The third kappa shape index (κ3) is 4.02. The molecular weight excluding hydrogens is 436 g/mol. The van der Waals surface area contributed by atoms with Crippen molar-refractivity contribution in [3.05, 3.63) is 23.3 Å². The third-order valence-corrected chi connectivity index (χ3v) is 11.5. The molecule has 0 radical (unpaired) electrons. The summed E-state index contributed by atoms with van der Waals surface area (Å²) in [6.45, 7) is 16.2. The maximum absolute atomic E-state index is 11.8. The Kier molecular flexibility index (Phi) is 6.86. The van der Waals surface area contributed by atoms with Crippen LogP contribution in [-0.2, 0) is 19.1 Å². The van der Waals surface area contributed by atoms with E-state index in [0.717, 1.165) is 38.5 Å². The van der Waals surface area contributed by atoms with Crippen LogP contribution >= 0.6 is 0 Å². The summed E-state index contributed by atoms with van der Waals surface area (Å²) < 4.78 is 10.7. The Labute approximate surface area is 213 Å². The second-order valence-corrected chi connectivity index (χ2v) is 13.4. The van der Waals surface area contributed by atoms with E-state index >= 15 is 0 Å². The predicted molar refractivity (Wildman–Crippen MR) is 140 cm³/mol. The molecule has 196 valence electrons. The lowest BCUT2D eigenvalue weighted by molar-refractivity contribution is -0.165. The van der Waals surface area contributed by atoms with Crippen molar-refractivity contribution in [2.24, 2.45) is 39.4 Å². The number of carbonyl (C=O) groups is 2. The van der Waals surface area contributed by atoms with E-state index in [9.17, 15) is 9.59 Å². The Morgan fingerprint density at radius 3 is 2.43 bits per heavy atom. The van der Waals surface area contributed by atoms with Gasteiger partial charge in [-0.15, -0.1) is 0 Å². The molecule has 2 fully saturated rings. The highest BCUT2D eigenvalue weighted by molar-refractivity contribution is 5.69. The molecule has 0 spiro atoms. The van der Waals surface area contributed by atoms with Gasteiger partial charge < -0.3 is 9.47 Å². The van der Waals surface area contributed by atoms with Crippen molar-refractivity contribution < 1.29 is 19.1 Å². The van der Waals surface area contributed by atoms with Gasteiger partial charge in [-0.25, -0.2) is 0 Å². The standard InChI is InChI=1S/C31H48O4/c1-20(10-9-11-27(33)34-8)22-14-18-31(7)24-12-13-25-28(3,4)26(35-21(2)32)16-17-29(25,5)23(24)15-19-30(22,31)6/h12,15,20,22,25-26H,9-11,13-14,16-19H2,1-8H3/t20-,22-,25+,26+,29-,30-,31+/m1/s1. The van der Waals surface area contributed by atoms with Crippen LogP contribution in [0.25, 0.3) is 0 Å². The number of hydrogen-bond donors (Lipinski definition) is 0. The van der Waals surface area contributed by atoms with Crippen LogP contribution in [0.3, 0.4) is 0 Å². The van der Waals surface area contributed by atoms with Gasteiger partial charge in [0.15, 0.2) is 0 Å². The Bertz CT molecular complexity index is 928. The molecule has 4 aliphatic rings.